The Bertz CT molecular complexity index is 613. The standard InChI is InChI=1S/C19H32N6O.HI/c1-3-20-19(23-16-8-12-24(13-9-16)15(2)26)21-10-7-17-14-25-11-5-4-6-18(25)22-17;/h14,16H,3-13H2,1-2H3,(H2,20,21,23);1H. The molecule has 0 saturated carbocycles. The molecule has 152 valence electrons. The predicted octanol–water partition coefficient (Wildman–Crippen LogP) is 1.95. The number of amides is 1. The van der Waals surface area contributed by atoms with Crippen LogP contribution in [0.2, 0.25) is 0 Å². The lowest BCUT2D eigenvalue weighted by Gasteiger charge is -2.32. The van der Waals surface area contributed by atoms with Crippen molar-refractivity contribution in [3.8, 4) is 0 Å². The number of rotatable bonds is 5. The van der Waals surface area contributed by atoms with Crippen LogP contribution in [0, 0.1) is 0 Å². The molecule has 1 aromatic rings. The summed E-state index contributed by atoms with van der Waals surface area (Å²) in [5.41, 5.74) is 1.15. The largest absolute Gasteiger partial charge is 0.357 e. The van der Waals surface area contributed by atoms with E-state index in [0.29, 0.717) is 6.04 Å². The van der Waals surface area contributed by atoms with Crippen molar-refractivity contribution in [2.45, 2.75) is 65.0 Å². The number of hydrogen-bond donors (Lipinski definition) is 2. The molecule has 2 N–H and O–H groups in total. The number of imidazole rings is 1. The highest BCUT2D eigenvalue weighted by Crippen LogP contribution is 2.15. The van der Waals surface area contributed by atoms with Crippen molar-refractivity contribution in [2.24, 2.45) is 4.99 Å². The van der Waals surface area contributed by atoms with Crippen molar-refractivity contribution in [3.05, 3.63) is 17.7 Å². The minimum atomic E-state index is 0. The Morgan fingerprint density at radius 1 is 1.30 bits per heavy atom. The molecule has 2 aliphatic rings. The van der Waals surface area contributed by atoms with Crippen LogP contribution >= 0.6 is 24.0 Å². The number of nitrogens with zero attached hydrogens (tertiary/aromatic N) is 4. The van der Waals surface area contributed by atoms with Gasteiger partial charge in [0, 0.05) is 64.7 Å². The molecule has 1 saturated heterocycles. The maximum Gasteiger partial charge on any atom is 0.219 e. The van der Waals surface area contributed by atoms with Gasteiger partial charge in [-0.2, -0.15) is 0 Å². The van der Waals surface area contributed by atoms with E-state index in [1.54, 1.807) is 6.92 Å². The summed E-state index contributed by atoms with van der Waals surface area (Å²) < 4.78 is 2.30. The van der Waals surface area contributed by atoms with Crippen LogP contribution in [0.4, 0.5) is 0 Å². The minimum absolute atomic E-state index is 0. The highest BCUT2D eigenvalue weighted by Gasteiger charge is 2.21. The molecule has 3 rings (SSSR count). The van der Waals surface area contributed by atoms with E-state index in [1.165, 1.54) is 18.7 Å². The Labute approximate surface area is 179 Å². The van der Waals surface area contributed by atoms with Crippen LogP contribution in [0.25, 0.3) is 0 Å². The summed E-state index contributed by atoms with van der Waals surface area (Å²) in [6, 6.07) is 0.378. The molecule has 0 bridgehead atoms. The third-order valence-electron chi connectivity index (χ3n) is 5.22. The van der Waals surface area contributed by atoms with Gasteiger partial charge in [-0.15, -0.1) is 24.0 Å². The van der Waals surface area contributed by atoms with Crippen molar-refractivity contribution in [1.82, 2.24) is 25.1 Å². The molecule has 27 heavy (non-hydrogen) atoms. The first-order valence-corrected chi connectivity index (χ1v) is 10.0. The third kappa shape index (κ3) is 6.36. The maximum absolute atomic E-state index is 11.4. The van der Waals surface area contributed by atoms with E-state index in [2.05, 4.69) is 28.3 Å². The molecule has 2 aliphatic heterocycles. The van der Waals surface area contributed by atoms with Crippen LogP contribution in [0.15, 0.2) is 11.2 Å². The predicted molar refractivity (Wildman–Crippen MR) is 119 cm³/mol. The number of aryl methyl sites for hydroxylation is 2. The van der Waals surface area contributed by atoms with Crippen LogP contribution in [0.1, 0.15) is 51.0 Å². The van der Waals surface area contributed by atoms with Crippen LogP contribution in [0.3, 0.4) is 0 Å². The summed E-state index contributed by atoms with van der Waals surface area (Å²) in [6.07, 6.45) is 8.63. The van der Waals surface area contributed by atoms with Gasteiger partial charge in [-0.3, -0.25) is 9.79 Å². The molecular weight excluding hydrogens is 455 g/mol. The van der Waals surface area contributed by atoms with Crippen LogP contribution < -0.4 is 10.6 Å². The average molecular weight is 488 g/mol. The molecule has 8 heteroatoms. The van der Waals surface area contributed by atoms with Crippen molar-refractivity contribution < 1.29 is 4.79 Å². The number of likely N-dealkylation sites (tertiary alicyclic amines) is 1. The Balaban J connectivity index is 0.00000261. The number of guanidine groups is 1. The number of hydrogen-bond acceptors (Lipinski definition) is 3. The molecule has 3 heterocycles. The minimum Gasteiger partial charge on any atom is -0.357 e. The summed E-state index contributed by atoms with van der Waals surface area (Å²) in [4.78, 5) is 22.8. The molecule has 1 amide bonds. The van der Waals surface area contributed by atoms with E-state index < -0.39 is 0 Å². The SMILES string of the molecule is CCNC(=NCCc1cn2c(n1)CCCC2)NC1CCN(C(C)=O)CC1.I. The van der Waals surface area contributed by atoms with Crippen molar-refractivity contribution in [1.29, 1.82) is 0 Å². The second kappa shape index (κ2) is 10.9. The molecule has 0 aromatic carbocycles. The van der Waals surface area contributed by atoms with Gasteiger partial charge in [-0.05, 0) is 32.6 Å². The van der Waals surface area contributed by atoms with Gasteiger partial charge in [0.1, 0.15) is 5.82 Å². The van der Waals surface area contributed by atoms with E-state index >= 15 is 0 Å². The van der Waals surface area contributed by atoms with E-state index in [-0.39, 0.29) is 29.9 Å². The molecular formula is C19H33IN6O. The van der Waals surface area contributed by atoms with Crippen molar-refractivity contribution >= 4 is 35.8 Å². The quantitative estimate of drug-likeness (QED) is 0.378. The highest BCUT2D eigenvalue weighted by atomic mass is 127. The van der Waals surface area contributed by atoms with Gasteiger partial charge in [0.05, 0.1) is 5.69 Å². The number of fused-ring (bicyclic) bond motifs is 1. The Kier molecular flexibility index (Phi) is 8.85. The van der Waals surface area contributed by atoms with Gasteiger partial charge in [-0.25, -0.2) is 4.98 Å². The lowest BCUT2D eigenvalue weighted by Crippen LogP contribution is -2.49. The summed E-state index contributed by atoms with van der Waals surface area (Å²) in [5.74, 6) is 2.28. The number of piperidine rings is 1. The van der Waals surface area contributed by atoms with E-state index in [4.69, 9.17) is 9.98 Å². The van der Waals surface area contributed by atoms with Gasteiger partial charge < -0.3 is 20.1 Å². The highest BCUT2D eigenvalue weighted by molar-refractivity contribution is 14.0. The van der Waals surface area contributed by atoms with Crippen LogP contribution in [-0.4, -0.2) is 58.5 Å². The van der Waals surface area contributed by atoms with Gasteiger partial charge in [0.15, 0.2) is 5.96 Å². The number of carbonyl (C=O) groups is 1. The molecule has 1 fully saturated rings. The van der Waals surface area contributed by atoms with E-state index in [1.807, 2.05) is 4.90 Å². The fraction of sp³-hybridized carbons (Fsp3) is 0.737. The number of carbonyl (C=O) groups excluding carboxylic acids is 1. The fourth-order valence-electron chi connectivity index (χ4n) is 3.73. The first kappa shape index (κ1) is 22.0. The molecule has 0 radical (unpaired) electrons. The third-order valence-corrected chi connectivity index (χ3v) is 5.22. The first-order chi connectivity index (χ1) is 12.7. The Morgan fingerprint density at radius 2 is 2.07 bits per heavy atom. The molecule has 0 unspecified atom stereocenters. The molecule has 0 atom stereocenters. The second-order valence-corrected chi connectivity index (χ2v) is 7.23. The number of aliphatic imine (C=N–C) groups is 1. The molecule has 7 nitrogen and oxygen atoms in total. The number of aromatic nitrogens is 2. The Morgan fingerprint density at radius 3 is 2.74 bits per heavy atom. The molecule has 0 spiro atoms. The monoisotopic (exact) mass is 488 g/mol. The van der Waals surface area contributed by atoms with Gasteiger partial charge in [0.25, 0.3) is 0 Å². The first-order valence-electron chi connectivity index (χ1n) is 10.0. The Hall–Kier alpha value is -1.32. The lowest BCUT2D eigenvalue weighted by atomic mass is 10.1. The second-order valence-electron chi connectivity index (χ2n) is 7.23. The lowest BCUT2D eigenvalue weighted by molar-refractivity contribution is -0.129. The summed E-state index contributed by atoms with van der Waals surface area (Å²) >= 11 is 0. The topological polar surface area (TPSA) is 74.6 Å². The smallest absolute Gasteiger partial charge is 0.219 e. The summed E-state index contributed by atoms with van der Waals surface area (Å²) in [6.45, 7) is 8.06. The maximum atomic E-state index is 11.4. The van der Waals surface area contributed by atoms with Gasteiger partial charge in [0.2, 0.25) is 5.91 Å². The van der Waals surface area contributed by atoms with Crippen LogP contribution in [0.5, 0.6) is 0 Å². The zero-order valence-corrected chi connectivity index (χ0v) is 18.9. The van der Waals surface area contributed by atoms with Gasteiger partial charge in [-0.1, -0.05) is 0 Å². The van der Waals surface area contributed by atoms with Crippen molar-refractivity contribution in [2.75, 3.05) is 26.2 Å². The van der Waals surface area contributed by atoms with Gasteiger partial charge >= 0.3 is 0 Å². The normalized spacial score (nSPS) is 17.9. The van der Waals surface area contributed by atoms with E-state index in [9.17, 15) is 4.79 Å². The number of halogens is 1. The summed E-state index contributed by atoms with van der Waals surface area (Å²) in [7, 11) is 0. The molecule has 0 aliphatic carbocycles. The van der Waals surface area contributed by atoms with Crippen molar-refractivity contribution in [3.63, 3.8) is 0 Å². The zero-order valence-electron chi connectivity index (χ0n) is 16.5. The van der Waals surface area contributed by atoms with E-state index in [0.717, 1.165) is 70.1 Å². The fourth-order valence-corrected chi connectivity index (χ4v) is 3.73. The molecule has 1 aromatic heterocycles. The van der Waals surface area contributed by atoms with Crippen LogP contribution in [-0.2, 0) is 24.2 Å². The summed E-state index contributed by atoms with van der Waals surface area (Å²) in [5, 5.41) is 6.86. The zero-order chi connectivity index (χ0) is 18.4. The average Bonchev–Trinajstić information content (AvgIpc) is 3.05. The number of nitrogens with one attached hydrogen (secondary N) is 2.